The van der Waals surface area contributed by atoms with Crippen LogP contribution in [0, 0.1) is 6.92 Å². The Hall–Kier alpha value is -1.63. The van der Waals surface area contributed by atoms with Gasteiger partial charge in [-0.15, -0.1) is 11.8 Å². The first-order valence-corrected chi connectivity index (χ1v) is 11.2. The predicted octanol–water partition coefficient (Wildman–Crippen LogP) is 4.28. The molecule has 1 saturated heterocycles. The topological polar surface area (TPSA) is 41.6 Å². The highest BCUT2D eigenvalue weighted by Gasteiger charge is 2.14. The van der Waals surface area contributed by atoms with Crippen LogP contribution in [0.15, 0.2) is 47.4 Å². The molecule has 2 aromatic rings. The highest BCUT2D eigenvalue weighted by Crippen LogP contribution is 2.24. The average molecular weight is 403 g/mol. The summed E-state index contributed by atoms with van der Waals surface area (Å²) >= 11 is 3.55. The minimum absolute atomic E-state index is 0.0189. The summed E-state index contributed by atoms with van der Waals surface area (Å²) in [7, 11) is 1.65. The van der Waals surface area contributed by atoms with Gasteiger partial charge in [0.1, 0.15) is 5.75 Å². The Morgan fingerprint density at radius 1 is 1.19 bits per heavy atom. The molecule has 144 valence electrons. The number of amides is 1. The molecule has 0 saturated carbocycles. The molecular weight excluding hydrogens is 376 g/mol. The van der Waals surface area contributed by atoms with Gasteiger partial charge in [-0.1, -0.05) is 12.1 Å². The molecule has 0 radical (unpaired) electrons. The van der Waals surface area contributed by atoms with Gasteiger partial charge in [-0.3, -0.25) is 9.69 Å². The largest absolute Gasteiger partial charge is 0.497 e. The van der Waals surface area contributed by atoms with Crippen molar-refractivity contribution in [1.82, 2.24) is 4.90 Å². The van der Waals surface area contributed by atoms with Crippen LogP contribution in [0.4, 0.5) is 5.69 Å². The predicted molar refractivity (Wildman–Crippen MR) is 116 cm³/mol. The molecule has 0 unspecified atom stereocenters. The standard InChI is InChI=1S/C21H26N2O2S2/c1-16-17(14-23-10-12-26-13-11-23)4-3-5-20(16)22-21(24)15-27-19-8-6-18(25-2)7-9-19/h3-9H,10-15H2,1-2H3,(H,22,24). The lowest BCUT2D eigenvalue weighted by Gasteiger charge is -2.27. The van der Waals surface area contributed by atoms with Crippen molar-refractivity contribution in [2.75, 3.05) is 42.8 Å². The molecule has 0 spiro atoms. The van der Waals surface area contributed by atoms with Crippen molar-refractivity contribution in [2.45, 2.75) is 18.4 Å². The van der Waals surface area contributed by atoms with E-state index in [0.29, 0.717) is 5.75 Å². The fraction of sp³-hybridized carbons (Fsp3) is 0.381. The number of nitrogens with one attached hydrogen (secondary N) is 1. The van der Waals surface area contributed by atoms with Gasteiger partial charge in [0.2, 0.25) is 5.91 Å². The minimum atomic E-state index is 0.0189. The lowest BCUT2D eigenvalue weighted by Crippen LogP contribution is -2.32. The first-order valence-electron chi connectivity index (χ1n) is 9.11. The average Bonchev–Trinajstić information content (AvgIpc) is 2.70. The van der Waals surface area contributed by atoms with E-state index in [4.69, 9.17) is 4.74 Å². The zero-order valence-corrected chi connectivity index (χ0v) is 17.5. The molecule has 0 atom stereocenters. The molecule has 1 N–H and O–H groups in total. The van der Waals surface area contributed by atoms with Crippen LogP contribution in [0.25, 0.3) is 0 Å². The van der Waals surface area contributed by atoms with E-state index in [-0.39, 0.29) is 5.91 Å². The Kier molecular flexibility index (Phi) is 7.50. The number of rotatable bonds is 7. The molecule has 27 heavy (non-hydrogen) atoms. The van der Waals surface area contributed by atoms with E-state index in [1.807, 2.05) is 48.2 Å². The number of methoxy groups -OCH3 is 1. The van der Waals surface area contributed by atoms with Crippen LogP contribution < -0.4 is 10.1 Å². The van der Waals surface area contributed by atoms with Crippen LogP contribution in [0.5, 0.6) is 5.75 Å². The third kappa shape index (κ3) is 5.92. The number of carbonyl (C=O) groups excluding carboxylic acids is 1. The SMILES string of the molecule is COc1ccc(SCC(=O)Nc2cccc(CN3CCSCC3)c2C)cc1. The zero-order valence-electron chi connectivity index (χ0n) is 15.9. The van der Waals surface area contributed by atoms with E-state index < -0.39 is 0 Å². The van der Waals surface area contributed by atoms with Gasteiger partial charge in [-0.05, 0) is 48.4 Å². The van der Waals surface area contributed by atoms with Gasteiger partial charge >= 0.3 is 0 Å². The normalized spacial score (nSPS) is 14.7. The van der Waals surface area contributed by atoms with Crippen LogP contribution in [0.1, 0.15) is 11.1 Å². The molecule has 0 aromatic heterocycles. The van der Waals surface area contributed by atoms with Crippen molar-refractivity contribution in [3.05, 3.63) is 53.6 Å². The summed E-state index contributed by atoms with van der Waals surface area (Å²) in [5, 5.41) is 3.07. The molecule has 1 aliphatic rings. The van der Waals surface area contributed by atoms with Crippen LogP contribution >= 0.6 is 23.5 Å². The van der Waals surface area contributed by atoms with Gasteiger partial charge in [-0.2, -0.15) is 11.8 Å². The Morgan fingerprint density at radius 3 is 2.63 bits per heavy atom. The number of ether oxygens (including phenoxy) is 1. The molecule has 6 heteroatoms. The highest BCUT2D eigenvalue weighted by molar-refractivity contribution is 8.00. The quantitative estimate of drug-likeness (QED) is 0.700. The fourth-order valence-electron chi connectivity index (χ4n) is 3.00. The van der Waals surface area contributed by atoms with E-state index >= 15 is 0 Å². The van der Waals surface area contributed by atoms with E-state index in [1.165, 1.54) is 34.4 Å². The number of thioether (sulfide) groups is 2. The molecular formula is C21H26N2O2S2. The summed E-state index contributed by atoms with van der Waals surface area (Å²) in [4.78, 5) is 15.9. The second-order valence-electron chi connectivity index (χ2n) is 6.49. The van der Waals surface area contributed by atoms with Crippen LogP contribution in [0.3, 0.4) is 0 Å². The monoisotopic (exact) mass is 402 g/mol. The Morgan fingerprint density at radius 2 is 1.93 bits per heavy atom. The van der Waals surface area contributed by atoms with Gasteiger partial charge in [0.05, 0.1) is 12.9 Å². The summed E-state index contributed by atoms with van der Waals surface area (Å²) in [5.74, 6) is 3.64. The molecule has 2 aromatic carbocycles. The highest BCUT2D eigenvalue weighted by atomic mass is 32.2. The van der Waals surface area contributed by atoms with Gasteiger partial charge in [-0.25, -0.2) is 0 Å². The maximum absolute atomic E-state index is 12.4. The van der Waals surface area contributed by atoms with Gasteiger partial charge in [0.25, 0.3) is 0 Å². The summed E-state index contributed by atoms with van der Waals surface area (Å²) in [5.41, 5.74) is 3.38. The van der Waals surface area contributed by atoms with Crippen molar-refractivity contribution < 1.29 is 9.53 Å². The first-order chi connectivity index (χ1) is 13.2. The molecule has 4 nitrogen and oxygen atoms in total. The zero-order chi connectivity index (χ0) is 19.1. The number of benzene rings is 2. The van der Waals surface area contributed by atoms with Crippen molar-refractivity contribution >= 4 is 35.1 Å². The Bertz CT molecular complexity index is 759. The Balaban J connectivity index is 1.55. The maximum Gasteiger partial charge on any atom is 0.234 e. The van der Waals surface area contributed by atoms with Crippen LogP contribution in [0.2, 0.25) is 0 Å². The van der Waals surface area contributed by atoms with E-state index in [2.05, 4.69) is 23.2 Å². The number of nitrogens with zero attached hydrogens (tertiary/aromatic N) is 1. The van der Waals surface area contributed by atoms with Gasteiger partial charge in [0.15, 0.2) is 0 Å². The third-order valence-corrected chi connectivity index (χ3v) is 6.60. The summed E-state index contributed by atoms with van der Waals surface area (Å²) in [6.45, 7) is 5.33. The van der Waals surface area contributed by atoms with Gasteiger partial charge < -0.3 is 10.1 Å². The molecule has 1 amide bonds. The lowest BCUT2D eigenvalue weighted by molar-refractivity contribution is -0.113. The summed E-state index contributed by atoms with van der Waals surface area (Å²) in [6, 6.07) is 14.0. The number of hydrogen-bond donors (Lipinski definition) is 1. The second kappa shape index (κ2) is 10.1. The van der Waals surface area contributed by atoms with Crippen molar-refractivity contribution in [3.8, 4) is 5.75 Å². The number of hydrogen-bond acceptors (Lipinski definition) is 5. The van der Waals surface area contributed by atoms with Gasteiger partial charge in [0, 0.05) is 41.7 Å². The first kappa shape index (κ1) is 20.1. The summed E-state index contributed by atoms with van der Waals surface area (Å²) < 4.78 is 5.16. The second-order valence-corrected chi connectivity index (χ2v) is 8.76. The van der Waals surface area contributed by atoms with Crippen LogP contribution in [-0.4, -0.2) is 48.3 Å². The van der Waals surface area contributed by atoms with E-state index in [0.717, 1.165) is 36.0 Å². The fourth-order valence-corrected chi connectivity index (χ4v) is 4.67. The maximum atomic E-state index is 12.4. The minimum Gasteiger partial charge on any atom is -0.497 e. The molecule has 1 fully saturated rings. The Labute approximate surface area is 170 Å². The van der Waals surface area contributed by atoms with Crippen molar-refractivity contribution in [3.63, 3.8) is 0 Å². The molecule has 3 rings (SSSR count). The van der Waals surface area contributed by atoms with Crippen molar-refractivity contribution in [1.29, 1.82) is 0 Å². The summed E-state index contributed by atoms with van der Waals surface area (Å²) in [6.07, 6.45) is 0. The van der Waals surface area contributed by atoms with E-state index in [9.17, 15) is 4.79 Å². The number of anilines is 1. The van der Waals surface area contributed by atoms with Crippen LogP contribution in [-0.2, 0) is 11.3 Å². The molecule has 0 aliphatic carbocycles. The smallest absolute Gasteiger partial charge is 0.234 e. The third-order valence-electron chi connectivity index (χ3n) is 4.65. The molecule has 1 aliphatic heterocycles. The van der Waals surface area contributed by atoms with E-state index in [1.54, 1.807) is 7.11 Å². The number of carbonyl (C=O) groups is 1. The molecule has 0 bridgehead atoms. The molecule has 1 heterocycles. The lowest BCUT2D eigenvalue weighted by atomic mass is 10.1. The van der Waals surface area contributed by atoms with Crippen molar-refractivity contribution in [2.24, 2.45) is 0 Å².